The Morgan fingerprint density at radius 3 is 2.72 bits per heavy atom. The number of hydrogen-bond acceptors (Lipinski definition) is 2. The number of aromatic nitrogens is 1. The number of aryl methyl sites for hydroxylation is 1. The first-order valence-corrected chi connectivity index (χ1v) is 5.75. The lowest BCUT2D eigenvalue weighted by atomic mass is 10.1. The maximum Gasteiger partial charge on any atom is 0.243 e. The number of ether oxygens (including phenoxy) is 1. The Hall–Kier alpha value is -2.23. The molecule has 0 spiro atoms. The van der Waals surface area contributed by atoms with E-state index in [0.717, 1.165) is 16.9 Å². The van der Waals surface area contributed by atoms with E-state index in [1.54, 1.807) is 24.2 Å². The van der Waals surface area contributed by atoms with Crippen LogP contribution in [0.25, 0.3) is 0 Å². The van der Waals surface area contributed by atoms with Gasteiger partial charge in [-0.05, 0) is 36.2 Å². The first-order valence-electron chi connectivity index (χ1n) is 5.75. The van der Waals surface area contributed by atoms with Gasteiger partial charge in [0.15, 0.2) is 0 Å². The van der Waals surface area contributed by atoms with Crippen molar-refractivity contribution in [2.24, 2.45) is 0 Å². The molecule has 0 unspecified atom stereocenters. The molecule has 0 atom stereocenters. The fourth-order valence-electron chi connectivity index (χ4n) is 1.75. The van der Waals surface area contributed by atoms with Gasteiger partial charge in [0.25, 0.3) is 0 Å². The number of amides is 1. The van der Waals surface area contributed by atoms with Crippen molar-refractivity contribution in [1.82, 2.24) is 4.68 Å². The second kappa shape index (κ2) is 5.40. The Balaban J connectivity index is 2.03. The molecule has 2 rings (SSSR count). The topological polar surface area (TPSA) is 43.3 Å². The number of rotatable bonds is 4. The predicted molar refractivity (Wildman–Crippen MR) is 70.2 cm³/mol. The molecule has 18 heavy (non-hydrogen) atoms. The quantitative estimate of drug-likeness (QED) is 0.895. The first-order chi connectivity index (χ1) is 8.69. The molecule has 0 aliphatic heterocycles. The van der Waals surface area contributed by atoms with E-state index >= 15 is 0 Å². The fourth-order valence-corrected chi connectivity index (χ4v) is 1.75. The number of carbonyl (C=O) groups excluding carboxylic acids is 1. The average Bonchev–Trinajstić information content (AvgIpc) is 2.84. The highest BCUT2D eigenvalue weighted by atomic mass is 16.5. The first kappa shape index (κ1) is 12.2. The molecule has 4 heteroatoms. The lowest BCUT2D eigenvalue weighted by Crippen LogP contribution is -2.23. The third-order valence-electron chi connectivity index (χ3n) is 2.70. The van der Waals surface area contributed by atoms with Crippen LogP contribution >= 0.6 is 0 Å². The van der Waals surface area contributed by atoms with Gasteiger partial charge >= 0.3 is 0 Å². The zero-order valence-electron chi connectivity index (χ0n) is 10.5. The summed E-state index contributed by atoms with van der Waals surface area (Å²) in [5, 5.41) is 0. The molecule has 1 aromatic heterocycles. The smallest absolute Gasteiger partial charge is 0.243 e. The second-order valence-electron chi connectivity index (χ2n) is 4.11. The average molecular weight is 244 g/mol. The Bertz CT molecular complexity index is 533. The molecule has 0 aliphatic rings. The summed E-state index contributed by atoms with van der Waals surface area (Å²) in [5.41, 5.74) is 4.75. The summed E-state index contributed by atoms with van der Waals surface area (Å²) < 4.78 is 6.87. The van der Waals surface area contributed by atoms with Crippen LogP contribution in [-0.2, 0) is 11.2 Å². The normalized spacial score (nSPS) is 10.1. The van der Waals surface area contributed by atoms with E-state index in [4.69, 9.17) is 4.74 Å². The van der Waals surface area contributed by atoms with Gasteiger partial charge in [0.2, 0.25) is 5.91 Å². The van der Waals surface area contributed by atoms with Crippen LogP contribution in [0.2, 0.25) is 0 Å². The van der Waals surface area contributed by atoms with Crippen molar-refractivity contribution in [3.8, 4) is 5.75 Å². The van der Waals surface area contributed by atoms with E-state index in [-0.39, 0.29) is 5.91 Å². The van der Waals surface area contributed by atoms with Crippen LogP contribution in [0, 0.1) is 6.92 Å². The van der Waals surface area contributed by atoms with E-state index in [1.807, 2.05) is 37.3 Å². The maximum atomic E-state index is 11.8. The van der Waals surface area contributed by atoms with Gasteiger partial charge in [0.05, 0.1) is 13.5 Å². The van der Waals surface area contributed by atoms with E-state index in [9.17, 15) is 4.79 Å². The fraction of sp³-hybridized carbons (Fsp3) is 0.214. The number of nitrogens with zero attached hydrogens (tertiary/aromatic N) is 1. The molecule has 1 heterocycles. The zero-order chi connectivity index (χ0) is 13.0. The van der Waals surface area contributed by atoms with Crippen LogP contribution in [0.1, 0.15) is 11.1 Å². The van der Waals surface area contributed by atoms with E-state index in [0.29, 0.717) is 6.42 Å². The summed E-state index contributed by atoms with van der Waals surface area (Å²) in [5.74, 6) is 0.748. The Labute approximate surface area is 106 Å². The molecular formula is C14H16N2O2. The molecule has 0 aliphatic carbocycles. The molecule has 2 aromatic rings. The lowest BCUT2D eigenvalue weighted by Gasteiger charge is -2.09. The van der Waals surface area contributed by atoms with Crippen molar-refractivity contribution < 1.29 is 9.53 Å². The van der Waals surface area contributed by atoms with Gasteiger partial charge in [-0.15, -0.1) is 0 Å². The SMILES string of the molecule is COc1cc(CC(=O)Nn2cccc2)ccc1C. The van der Waals surface area contributed by atoms with Gasteiger partial charge < -0.3 is 4.74 Å². The number of methoxy groups -OCH3 is 1. The second-order valence-corrected chi connectivity index (χ2v) is 4.11. The summed E-state index contributed by atoms with van der Waals surface area (Å²) in [6.07, 6.45) is 3.90. The Morgan fingerprint density at radius 1 is 1.33 bits per heavy atom. The van der Waals surface area contributed by atoms with E-state index < -0.39 is 0 Å². The molecule has 4 nitrogen and oxygen atoms in total. The van der Waals surface area contributed by atoms with Crippen LogP contribution < -0.4 is 10.2 Å². The maximum absolute atomic E-state index is 11.8. The Kier molecular flexibility index (Phi) is 3.67. The summed E-state index contributed by atoms with van der Waals surface area (Å²) in [7, 11) is 1.63. The van der Waals surface area contributed by atoms with Crippen molar-refractivity contribution in [2.45, 2.75) is 13.3 Å². The molecule has 0 saturated carbocycles. The lowest BCUT2D eigenvalue weighted by molar-refractivity contribution is -0.116. The summed E-state index contributed by atoms with van der Waals surface area (Å²) in [6.45, 7) is 1.97. The number of hydrogen-bond donors (Lipinski definition) is 1. The minimum Gasteiger partial charge on any atom is -0.496 e. The zero-order valence-corrected chi connectivity index (χ0v) is 10.5. The van der Waals surface area contributed by atoms with Crippen molar-refractivity contribution in [1.29, 1.82) is 0 Å². The summed E-state index contributed by atoms with van der Waals surface area (Å²) in [6, 6.07) is 9.50. The van der Waals surface area contributed by atoms with Gasteiger partial charge in [-0.25, -0.2) is 0 Å². The van der Waals surface area contributed by atoms with Gasteiger partial charge in [0, 0.05) is 12.4 Å². The van der Waals surface area contributed by atoms with Crippen LogP contribution in [0.3, 0.4) is 0 Å². The Morgan fingerprint density at radius 2 is 2.06 bits per heavy atom. The van der Waals surface area contributed by atoms with Crippen LogP contribution in [-0.4, -0.2) is 17.7 Å². The summed E-state index contributed by atoms with van der Waals surface area (Å²) >= 11 is 0. The van der Waals surface area contributed by atoms with Crippen molar-refractivity contribution in [3.05, 3.63) is 53.9 Å². The van der Waals surface area contributed by atoms with Crippen LogP contribution in [0.5, 0.6) is 5.75 Å². The summed E-state index contributed by atoms with van der Waals surface area (Å²) in [4.78, 5) is 11.8. The molecule has 0 saturated heterocycles. The molecule has 1 aromatic carbocycles. The monoisotopic (exact) mass is 244 g/mol. The number of nitrogens with one attached hydrogen (secondary N) is 1. The van der Waals surface area contributed by atoms with Crippen molar-refractivity contribution in [3.63, 3.8) is 0 Å². The van der Waals surface area contributed by atoms with Gasteiger partial charge in [-0.1, -0.05) is 12.1 Å². The molecule has 0 fully saturated rings. The molecule has 0 bridgehead atoms. The minimum atomic E-state index is -0.0582. The number of carbonyl (C=O) groups is 1. The minimum absolute atomic E-state index is 0.0582. The highest BCUT2D eigenvalue weighted by Gasteiger charge is 2.06. The number of benzene rings is 1. The largest absolute Gasteiger partial charge is 0.496 e. The van der Waals surface area contributed by atoms with Crippen molar-refractivity contribution >= 4 is 5.91 Å². The van der Waals surface area contributed by atoms with Crippen molar-refractivity contribution in [2.75, 3.05) is 12.5 Å². The third-order valence-corrected chi connectivity index (χ3v) is 2.70. The van der Waals surface area contributed by atoms with Gasteiger partial charge in [0.1, 0.15) is 5.75 Å². The predicted octanol–water partition coefficient (Wildman–Crippen LogP) is 2.12. The van der Waals surface area contributed by atoms with Gasteiger partial charge in [-0.3, -0.25) is 14.9 Å². The molecule has 1 amide bonds. The highest BCUT2D eigenvalue weighted by Crippen LogP contribution is 2.19. The third kappa shape index (κ3) is 2.91. The van der Waals surface area contributed by atoms with E-state index in [2.05, 4.69) is 5.43 Å². The molecule has 1 N–H and O–H groups in total. The van der Waals surface area contributed by atoms with Crippen LogP contribution in [0.15, 0.2) is 42.7 Å². The highest BCUT2D eigenvalue weighted by molar-refractivity contribution is 5.85. The molecular weight excluding hydrogens is 228 g/mol. The molecule has 0 radical (unpaired) electrons. The van der Waals surface area contributed by atoms with Crippen LogP contribution in [0.4, 0.5) is 0 Å². The standard InChI is InChI=1S/C14H16N2O2/c1-11-5-6-12(9-13(11)18-2)10-14(17)15-16-7-3-4-8-16/h3-9H,10H2,1-2H3,(H,15,17). The van der Waals surface area contributed by atoms with E-state index in [1.165, 1.54) is 0 Å². The van der Waals surface area contributed by atoms with Gasteiger partial charge in [-0.2, -0.15) is 0 Å². The molecule has 94 valence electrons.